The molecule has 0 bridgehead atoms. The predicted octanol–water partition coefficient (Wildman–Crippen LogP) is 2.76. The molecule has 0 aliphatic rings. The summed E-state index contributed by atoms with van der Waals surface area (Å²) in [6, 6.07) is 4.38. The zero-order valence-corrected chi connectivity index (χ0v) is 13.5. The van der Waals surface area contributed by atoms with E-state index in [1.807, 2.05) is 11.3 Å². The van der Waals surface area contributed by atoms with Gasteiger partial charge in [0.2, 0.25) is 0 Å². The molecule has 0 saturated heterocycles. The normalized spacial score (nSPS) is 11.7. The largest absolute Gasteiger partial charge is 0.326 e. The van der Waals surface area contributed by atoms with E-state index < -0.39 is 0 Å². The van der Waals surface area contributed by atoms with Crippen LogP contribution in [0.2, 0.25) is 0 Å². The highest BCUT2D eigenvalue weighted by molar-refractivity contribution is 7.11. The fourth-order valence-electron chi connectivity index (χ4n) is 2.24. The van der Waals surface area contributed by atoms with Gasteiger partial charge in [-0.25, -0.2) is 0 Å². The molecular formula is C15H29N3S. The highest BCUT2D eigenvalue weighted by Crippen LogP contribution is 2.17. The van der Waals surface area contributed by atoms with Crippen molar-refractivity contribution in [3.8, 4) is 0 Å². The van der Waals surface area contributed by atoms with Crippen LogP contribution in [0.25, 0.3) is 0 Å². The minimum absolute atomic E-state index is 0.665. The summed E-state index contributed by atoms with van der Waals surface area (Å²) in [5.41, 5.74) is 5.66. The second-order valence-electron chi connectivity index (χ2n) is 4.82. The first-order valence-electron chi connectivity index (χ1n) is 7.45. The number of hydrogen-bond acceptors (Lipinski definition) is 4. The maximum absolute atomic E-state index is 5.66. The van der Waals surface area contributed by atoms with Gasteiger partial charge in [0.25, 0.3) is 0 Å². The molecule has 0 spiro atoms. The van der Waals surface area contributed by atoms with Crippen molar-refractivity contribution < 1.29 is 0 Å². The predicted molar refractivity (Wildman–Crippen MR) is 85.6 cm³/mol. The second kappa shape index (κ2) is 9.48. The molecule has 2 N–H and O–H groups in total. The monoisotopic (exact) mass is 283 g/mol. The van der Waals surface area contributed by atoms with E-state index in [-0.39, 0.29) is 0 Å². The van der Waals surface area contributed by atoms with Crippen LogP contribution < -0.4 is 5.73 Å². The molecule has 19 heavy (non-hydrogen) atoms. The Balaban J connectivity index is 2.33. The van der Waals surface area contributed by atoms with Gasteiger partial charge in [-0.3, -0.25) is 4.90 Å². The van der Waals surface area contributed by atoms with Crippen LogP contribution in [0.3, 0.4) is 0 Å². The third-order valence-corrected chi connectivity index (χ3v) is 4.68. The van der Waals surface area contributed by atoms with E-state index in [1.165, 1.54) is 29.3 Å². The average Bonchev–Trinajstić information content (AvgIpc) is 2.90. The smallest absolute Gasteiger partial charge is 0.0327 e. The van der Waals surface area contributed by atoms with Gasteiger partial charge in [-0.05, 0) is 51.3 Å². The van der Waals surface area contributed by atoms with Gasteiger partial charge in [0.1, 0.15) is 0 Å². The first kappa shape index (κ1) is 16.6. The lowest BCUT2D eigenvalue weighted by molar-refractivity contribution is 0.240. The Labute approximate surface area is 122 Å². The lowest BCUT2D eigenvalue weighted by Crippen LogP contribution is -2.29. The topological polar surface area (TPSA) is 32.5 Å². The van der Waals surface area contributed by atoms with Crippen LogP contribution >= 0.6 is 11.3 Å². The van der Waals surface area contributed by atoms with Crippen LogP contribution in [0, 0.1) is 0 Å². The van der Waals surface area contributed by atoms with Crippen molar-refractivity contribution in [1.82, 2.24) is 9.80 Å². The molecule has 1 aromatic rings. The summed E-state index contributed by atoms with van der Waals surface area (Å²) in [6.45, 7) is 14.3. The Hall–Kier alpha value is -0.420. The summed E-state index contributed by atoms with van der Waals surface area (Å²) in [4.78, 5) is 7.74. The van der Waals surface area contributed by atoms with E-state index in [0.29, 0.717) is 6.54 Å². The number of nitrogens with zero attached hydrogens (tertiary/aromatic N) is 2. The molecule has 1 heterocycles. The summed E-state index contributed by atoms with van der Waals surface area (Å²) in [7, 11) is 0. The molecule has 0 aliphatic heterocycles. The molecule has 0 fully saturated rings. The Bertz CT molecular complexity index is 334. The number of hydrogen-bond donors (Lipinski definition) is 1. The highest BCUT2D eigenvalue weighted by atomic mass is 32.1. The molecule has 0 aromatic carbocycles. The standard InChI is InChI=1S/C15H29N3S/c1-4-17(5-2)10-7-11-18(6-3)13-15-9-8-14(12-16)19-15/h8-9H,4-7,10-13,16H2,1-3H3. The van der Waals surface area contributed by atoms with Crippen LogP contribution in [0.5, 0.6) is 0 Å². The van der Waals surface area contributed by atoms with Crippen LogP contribution in [0.1, 0.15) is 36.9 Å². The molecule has 0 radical (unpaired) electrons. The zero-order chi connectivity index (χ0) is 14.1. The third kappa shape index (κ3) is 6.04. The van der Waals surface area contributed by atoms with Crippen molar-refractivity contribution in [2.24, 2.45) is 5.73 Å². The SMILES string of the molecule is CCN(CC)CCCN(CC)Cc1ccc(CN)s1. The summed E-state index contributed by atoms with van der Waals surface area (Å²) >= 11 is 1.85. The van der Waals surface area contributed by atoms with Gasteiger partial charge < -0.3 is 10.6 Å². The fourth-order valence-corrected chi connectivity index (χ4v) is 3.18. The number of thiophene rings is 1. The quantitative estimate of drug-likeness (QED) is 0.716. The van der Waals surface area contributed by atoms with Crippen molar-refractivity contribution in [2.45, 2.75) is 40.3 Å². The van der Waals surface area contributed by atoms with Crippen LogP contribution in [-0.2, 0) is 13.1 Å². The van der Waals surface area contributed by atoms with E-state index in [9.17, 15) is 0 Å². The Morgan fingerprint density at radius 1 is 0.947 bits per heavy atom. The molecule has 110 valence electrons. The molecule has 4 heteroatoms. The Morgan fingerprint density at radius 2 is 1.53 bits per heavy atom. The molecule has 1 aromatic heterocycles. The van der Waals surface area contributed by atoms with Gasteiger partial charge in [0.05, 0.1) is 0 Å². The van der Waals surface area contributed by atoms with Gasteiger partial charge in [0, 0.05) is 22.8 Å². The number of nitrogens with two attached hydrogens (primary N) is 1. The summed E-state index contributed by atoms with van der Waals surface area (Å²) in [5, 5.41) is 0. The number of rotatable bonds is 10. The lowest BCUT2D eigenvalue weighted by Gasteiger charge is -2.22. The molecular weight excluding hydrogens is 254 g/mol. The van der Waals surface area contributed by atoms with Crippen molar-refractivity contribution in [2.75, 3.05) is 32.7 Å². The Kier molecular flexibility index (Phi) is 8.30. The van der Waals surface area contributed by atoms with Crippen molar-refractivity contribution in [1.29, 1.82) is 0 Å². The first-order valence-corrected chi connectivity index (χ1v) is 8.27. The van der Waals surface area contributed by atoms with Crippen LogP contribution in [0.4, 0.5) is 0 Å². The fraction of sp³-hybridized carbons (Fsp3) is 0.733. The second-order valence-corrected chi connectivity index (χ2v) is 6.07. The summed E-state index contributed by atoms with van der Waals surface area (Å²) < 4.78 is 0. The van der Waals surface area contributed by atoms with Gasteiger partial charge in [-0.15, -0.1) is 11.3 Å². The van der Waals surface area contributed by atoms with Crippen LogP contribution in [-0.4, -0.2) is 42.5 Å². The van der Waals surface area contributed by atoms with E-state index in [2.05, 4.69) is 42.7 Å². The highest BCUT2D eigenvalue weighted by Gasteiger charge is 2.07. The Morgan fingerprint density at radius 3 is 2.05 bits per heavy atom. The molecule has 1 rings (SSSR count). The van der Waals surface area contributed by atoms with Gasteiger partial charge >= 0.3 is 0 Å². The average molecular weight is 283 g/mol. The van der Waals surface area contributed by atoms with Crippen molar-refractivity contribution >= 4 is 11.3 Å². The van der Waals surface area contributed by atoms with Gasteiger partial charge in [0.15, 0.2) is 0 Å². The van der Waals surface area contributed by atoms with Crippen LogP contribution in [0.15, 0.2) is 12.1 Å². The summed E-state index contributed by atoms with van der Waals surface area (Å²) in [5.74, 6) is 0. The first-order chi connectivity index (χ1) is 9.23. The summed E-state index contributed by atoms with van der Waals surface area (Å²) in [6.07, 6.45) is 1.25. The third-order valence-electron chi connectivity index (χ3n) is 3.59. The minimum Gasteiger partial charge on any atom is -0.326 e. The molecule has 0 saturated carbocycles. The van der Waals surface area contributed by atoms with Crippen molar-refractivity contribution in [3.63, 3.8) is 0 Å². The van der Waals surface area contributed by atoms with Crippen molar-refractivity contribution in [3.05, 3.63) is 21.9 Å². The maximum Gasteiger partial charge on any atom is 0.0327 e. The van der Waals surface area contributed by atoms with E-state index in [0.717, 1.165) is 26.2 Å². The molecule has 0 atom stereocenters. The molecule has 0 amide bonds. The van der Waals surface area contributed by atoms with E-state index in [4.69, 9.17) is 5.73 Å². The molecule has 0 unspecified atom stereocenters. The van der Waals surface area contributed by atoms with E-state index in [1.54, 1.807) is 0 Å². The minimum atomic E-state index is 0.665. The molecule has 3 nitrogen and oxygen atoms in total. The lowest BCUT2D eigenvalue weighted by atomic mass is 10.3. The zero-order valence-electron chi connectivity index (χ0n) is 12.7. The molecule has 0 aliphatic carbocycles. The van der Waals surface area contributed by atoms with E-state index >= 15 is 0 Å². The van der Waals surface area contributed by atoms with Gasteiger partial charge in [-0.2, -0.15) is 0 Å². The van der Waals surface area contributed by atoms with Gasteiger partial charge in [-0.1, -0.05) is 20.8 Å². The maximum atomic E-state index is 5.66.